The molecular formula is C14H23NO. The van der Waals surface area contributed by atoms with E-state index in [1.165, 1.54) is 32.2 Å². The molecule has 1 heterocycles. The van der Waals surface area contributed by atoms with Crippen LogP contribution in [0, 0.1) is 5.92 Å². The first-order chi connectivity index (χ1) is 7.84. The monoisotopic (exact) mass is 221 g/mol. The van der Waals surface area contributed by atoms with E-state index >= 15 is 0 Å². The zero-order valence-corrected chi connectivity index (χ0v) is 10.2. The van der Waals surface area contributed by atoms with E-state index in [-0.39, 0.29) is 0 Å². The highest BCUT2D eigenvalue weighted by atomic mass is 16.3. The van der Waals surface area contributed by atoms with Crippen molar-refractivity contribution >= 4 is 0 Å². The molecule has 1 aliphatic carbocycles. The molecule has 0 saturated heterocycles. The van der Waals surface area contributed by atoms with E-state index in [1.54, 1.807) is 6.26 Å². The van der Waals surface area contributed by atoms with Crippen molar-refractivity contribution in [2.45, 2.75) is 51.5 Å². The molecule has 1 saturated carbocycles. The molecule has 1 unspecified atom stereocenters. The SMILES string of the molecule is CC(CCc1ccco1)NCCC1CCC1. The van der Waals surface area contributed by atoms with Crippen molar-refractivity contribution in [3.8, 4) is 0 Å². The van der Waals surface area contributed by atoms with E-state index in [9.17, 15) is 0 Å². The molecule has 2 rings (SSSR count). The minimum atomic E-state index is 0.602. The summed E-state index contributed by atoms with van der Waals surface area (Å²) in [6, 6.07) is 4.62. The van der Waals surface area contributed by atoms with Gasteiger partial charge in [0.25, 0.3) is 0 Å². The van der Waals surface area contributed by atoms with Crippen molar-refractivity contribution in [1.82, 2.24) is 5.32 Å². The van der Waals surface area contributed by atoms with Crippen LogP contribution in [0.3, 0.4) is 0 Å². The number of aryl methyl sites for hydroxylation is 1. The van der Waals surface area contributed by atoms with Crippen LogP contribution in [0.2, 0.25) is 0 Å². The van der Waals surface area contributed by atoms with Crippen molar-refractivity contribution in [1.29, 1.82) is 0 Å². The maximum absolute atomic E-state index is 5.33. The van der Waals surface area contributed by atoms with Gasteiger partial charge in [0.2, 0.25) is 0 Å². The van der Waals surface area contributed by atoms with Crippen molar-refractivity contribution < 1.29 is 4.42 Å². The molecule has 0 radical (unpaired) electrons. The van der Waals surface area contributed by atoms with Crippen LogP contribution in [0.1, 0.15) is 44.8 Å². The first-order valence-corrected chi connectivity index (χ1v) is 6.60. The third-order valence-electron chi connectivity index (χ3n) is 3.67. The third kappa shape index (κ3) is 3.67. The lowest BCUT2D eigenvalue weighted by molar-refractivity contribution is 0.287. The van der Waals surface area contributed by atoms with Crippen LogP contribution in [0.4, 0.5) is 0 Å². The van der Waals surface area contributed by atoms with Gasteiger partial charge >= 0.3 is 0 Å². The summed E-state index contributed by atoms with van der Waals surface area (Å²) in [6.45, 7) is 3.45. The smallest absolute Gasteiger partial charge is 0.103 e. The topological polar surface area (TPSA) is 25.2 Å². The van der Waals surface area contributed by atoms with Crippen molar-refractivity contribution in [2.75, 3.05) is 6.54 Å². The highest BCUT2D eigenvalue weighted by Crippen LogP contribution is 2.28. The molecule has 1 aliphatic rings. The fourth-order valence-corrected chi connectivity index (χ4v) is 2.23. The summed E-state index contributed by atoms with van der Waals surface area (Å²) in [5, 5.41) is 3.60. The lowest BCUT2D eigenvalue weighted by Gasteiger charge is -2.26. The average Bonchev–Trinajstić information content (AvgIpc) is 2.71. The first kappa shape index (κ1) is 11.7. The molecule has 2 nitrogen and oxygen atoms in total. The van der Waals surface area contributed by atoms with Crippen LogP contribution in [0.5, 0.6) is 0 Å². The molecule has 1 atom stereocenters. The number of hydrogen-bond acceptors (Lipinski definition) is 2. The molecule has 1 aromatic rings. The maximum Gasteiger partial charge on any atom is 0.103 e. The molecule has 16 heavy (non-hydrogen) atoms. The number of rotatable bonds is 7. The van der Waals surface area contributed by atoms with Gasteiger partial charge in [0, 0.05) is 12.5 Å². The van der Waals surface area contributed by atoms with Crippen LogP contribution < -0.4 is 5.32 Å². The molecule has 0 aliphatic heterocycles. The molecular weight excluding hydrogens is 198 g/mol. The number of hydrogen-bond donors (Lipinski definition) is 1. The van der Waals surface area contributed by atoms with E-state index in [1.807, 2.05) is 6.07 Å². The van der Waals surface area contributed by atoms with E-state index in [4.69, 9.17) is 4.42 Å². The lowest BCUT2D eigenvalue weighted by atomic mass is 9.83. The van der Waals surface area contributed by atoms with Gasteiger partial charge in [-0.2, -0.15) is 0 Å². The molecule has 1 aromatic heterocycles. The minimum absolute atomic E-state index is 0.602. The first-order valence-electron chi connectivity index (χ1n) is 6.60. The summed E-state index contributed by atoms with van der Waals surface area (Å²) in [6.07, 6.45) is 9.71. The van der Waals surface area contributed by atoms with Gasteiger partial charge < -0.3 is 9.73 Å². The standard InChI is InChI=1S/C14H23NO/c1-12(7-8-14-6-3-11-16-14)15-10-9-13-4-2-5-13/h3,6,11-13,15H,2,4-5,7-10H2,1H3. The Bertz CT molecular complexity index is 277. The zero-order valence-electron chi connectivity index (χ0n) is 10.2. The van der Waals surface area contributed by atoms with E-state index < -0.39 is 0 Å². The van der Waals surface area contributed by atoms with Crippen LogP contribution in [0.25, 0.3) is 0 Å². The van der Waals surface area contributed by atoms with Gasteiger partial charge in [-0.25, -0.2) is 0 Å². The zero-order chi connectivity index (χ0) is 11.2. The quantitative estimate of drug-likeness (QED) is 0.763. The molecule has 2 heteroatoms. The fourth-order valence-electron chi connectivity index (χ4n) is 2.23. The van der Waals surface area contributed by atoms with Crippen LogP contribution >= 0.6 is 0 Å². The Morgan fingerprint density at radius 1 is 1.50 bits per heavy atom. The second kappa shape index (κ2) is 6.09. The second-order valence-corrected chi connectivity index (χ2v) is 5.06. The van der Waals surface area contributed by atoms with Crippen molar-refractivity contribution in [3.05, 3.63) is 24.2 Å². The van der Waals surface area contributed by atoms with E-state index in [0.717, 1.165) is 24.5 Å². The molecule has 0 aromatic carbocycles. The Labute approximate surface area is 98.4 Å². The summed E-state index contributed by atoms with van der Waals surface area (Å²) in [5.74, 6) is 2.12. The van der Waals surface area contributed by atoms with Gasteiger partial charge in [-0.3, -0.25) is 0 Å². The summed E-state index contributed by atoms with van der Waals surface area (Å²) >= 11 is 0. The second-order valence-electron chi connectivity index (χ2n) is 5.06. The van der Waals surface area contributed by atoms with Crippen LogP contribution in [-0.2, 0) is 6.42 Å². The normalized spacial score (nSPS) is 18.3. The molecule has 0 spiro atoms. The summed E-state index contributed by atoms with van der Waals surface area (Å²) in [7, 11) is 0. The van der Waals surface area contributed by atoms with Crippen LogP contribution in [-0.4, -0.2) is 12.6 Å². The number of furan rings is 1. The minimum Gasteiger partial charge on any atom is -0.469 e. The highest BCUT2D eigenvalue weighted by molar-refractivity contribution is 4.98. The van der Waals surface area contributed by atoms with Crippen molar-refractivity contribution in [2.24, 2.45) is 5.92 Å². The van der Waals surface area contributed by atoms with Gasteiger partial charge in [0.1, 0.15) is 5.76 Å². The Hall–Kier alpha value is -0.760. The van der Waals surface area contributed by atoms with E-state index in [0.29, 0.717) is 6.04 Å². The van der Waals surface area contributed by atoms with Crippen molar-refractivity contribution in [3.63, 3.8) is 0 Å². The van der Waals surface area contributed by atoms with Gasteiger partial charge in [0.05, 0.1) is 6.26 Å². The summed E-state index contributed by atoms with van der Waals surface area (Å²) in [5.41, 5.74) is 0. The Kier molecular flexibility index (Phi) is 4.46. The Balaban J connectivity index is 1.52. The molecule has 90 valence electrons. The predicted octanol–water partition coefficient (Wildman–Crippen LogP) is 3.38. The predicted molar refractivity (Wildman–Crippen MR) is 66.5 cm³/mol. The summed E-state index contributed by atoms with van der Waals surface area (Å²) in [4.78, 5) is 0. The fraction of sp³-hybridized carbons (Fsp3) is 0.714. The third-order valence-corrected chi connectivity index (χ3v) is 3.67. The number of nitrogens with one attached hydrogen (secondary N) is 1. The average molecular weight is 221 g/mol. The van der Waals surface area contributed by atoms with Gasteiger partial charge in [-0.15, -0.1) is 0 Å². The van der Waals surface area contributed by atoms with Gasteiger partial charge in [0.15, 0.2) is 0 Å². The molecule has 1 fully saturated rings. The van der Waals surface area contributed by atoms with Gasteiger partial charge in [-0.1, -0.05) is 19.3 Å². The molecule has 0 amide bonds. The van der Waals surface area contributed by atoms with E-state index in [2.05, 4.69) is 18.3 Å². The Morgan fingerprint density at radius 3 is 3.00 bits per heavy atom. The molecule has 1 N–H and O–H groups in total. The van der Waals surface area contributed by atoms with Crippen LogP contribution in [0.15, 0.2) is 22.8 Å². The largest absolute Gasteiger partial charge is 0.469 e. The molecule has 0 bridgehead atoms. The lowest BCUT2D eigenvalue weighted by Crippen LogP contribution is -2.29. The maximum atomic E-state index is 5.33. The highest BCUT2D eigenvalue weighted by Gasteiger charge is 2.16. The Morgan fingerprint density at radius 2 is 2.38 bits per heavy atom. The summed E-state index contributed by atoms with van der Waals surface area (Å²) < 4.78 is 5.33. The van der Waals surface area contributed by atoms with Gasteiger partial charge in [-0.05, 0) is 44.4 Å².